The van der Waals surface area contributed by atoms with E-state index in [1.54, 1.807) is 51.5 Å². The Labute approximate surface area is 215 Å². The zero-order valence-corrected chi connectivity index (χ0v) is 21.9. The summed E-state index contributed by atoms with van der Waals surface area (Å²) in [6, 6.07) is 13.2. The van der Waals surface area contributed by atoms with Crippen LogP contribution in [0.5, 0.6) is 17.2 Å². The van der Waals surface area contributed by atoms with Gasteiger partial charge in [-0.2, -0.15) is 0 Å². The number of hydrogen-bond acceptors (Lipinski definition) is 8. The lowest BCUT2D eigenvalue weighted by molar-refractivity contribution is -0.160. The lowest BCUT2D eigenvalue weighted by Gasteiger charge is -2.30. The highest BCUT2D eigenvalue weighted by Crippen LogP contribution is 2.38. The molecule has 0 saturated carbocycles. The minimum Gasteiger partial charge on any atom is -0.493 e. The second-order valence-electron chi connectivity index (χ2n) is 8.66. The third-order valence-corrected chi connectivity index (χ3v) is 7.19. The average molecular weight is 513 g/mol. The van der Waals surface area contributed by atoms with Gasteiger partial charge in [-0.1, -0.05) is 0 Å². The highest BCUT2D eigenvalue weighted by Gasteiger charge is 2.38. The molecule has 3 aromatic rings. The van der Waals surface area contributed by atoms with E-state index in [2.05, 4.69) is 0 Å². The number of morpholine rings is 1. The Bertz CT molecular complexity index is 1180. The van der Waals surface area contributed by atoms with Gasteiger partial charge < -0.3 is 28.6 Å². The topological polar surface area (TPSA) is 90.3 Å². The molecule has 1 N–H and O–H groups in total. The second kappa shape index (κ2) is 11.2. The van der Waals surface area contributed by atoms with Crippen molar-refractivity contribution in [2.24, 2.45) is 0 Å². The predicted octanol–water partition coefficient (Wildman–Crippen LogP) is 4.52. The van der Waals surface area contributed by atoms with Crippen LogP contribution >= 0.6 is 11.3 Å². The van der Waals surface area contributed by atoms with E-state index in [9.17, 15) is 4.79 Å². The lowest BCUT2D eigenvalue weighted by atomic mass is 10.0. The minimum atomic E-state index is -1.23. The van der Waals surface area contributed by atoms with Crippen LogP contribution in [0.2, 0.25) is 0 Å². The summed E-state index contributed by atoms with van der Waals surface area (Å²) in [5.41, 5.74) is -0.445. The molecule has 0 spiro atoms. The number of amidine groups is 1. The maximum Gasteiger partial charge on any atom is 0.350 e. The number of methoxy groups -OCH3 is 2. The summed E-state index contributed by atoms with van der Waals surface area (Å²) in [5, 5.41) is 9.50. The van der Waals surface area contributed by atoms with Gasteiger partial charge in [0.25, 0.3) is 0 Å². The Morgan fingerprint density at radius 3 is 2.39 bits per heavy atom. The molecule has 8 nitrogen and oxygen atoms in total. The van der Waals surface area contributed by atoms with Gasteiger partial charge in [-0.3, -0.25) is 5.41 Å². The fraction of sp³-hybridized carbons (Fsp3) is 0.407. The number of esters is 1. The minimum absolute atomic E-state index is 0.258. The number of ether oxygens (including phenoxy) is 5. The largest absolute Gasteiger partial charge is 0.493 e. The molecule has 0 amide bonds. The first kappa shape index (κ1) is 25.8. The van der Waals surface area contributed by atoms with Gasteiger partial charge in [0.1, 0.15) is 11.6 Å². The Kier molecular flexibility index (Phi) is 8.01. The van der Waals surface area contributed by atoms with Gasteiger partial charge in [0.05, 0.1) is 34.0 Å². The summed E-state index contributed by atoms with van der Waals surface area (Å²) >= 11 is 1.57. The maximum atomic E-state index is 13.0. The van der Waals surface area contributed by atoms with Crippen LogP contribution in [0.25, 0.3) is 10.1 Å². The summed E-state index contributed by atoms with van der Waals surface area (Å²) in [7, 11) is 3.22. The zero-order valence-electron chi connectivity index (χ0n) is 21.1. The maximum absolute atomic E-state index is 13.0. The molecule has 4 rings (SSSR count). The number of rotatable bonds is 9. The predicted molar refractivity (Wildman–Crippen MR) is 140 cm³/mol. The number of hydrogen-bond donors (Lipinski definition) is 1. The molecule has 36 heavy (non-hydrogen) atoms. The third kappa shape index (κ3) is 5.57. The van der Waals surface area contributed by atoms with E-state index in [-0.39, 0.29) is 6.61 Å². The number of nitrogens with one attached hydrogen (secondary N) is 1. The molecular formula is C27H32N2O6S. The molecular weight excluding hydrogens is 480 g/mol. The van der Waals surface area contributed by atoms with Crippen LogP contribution in [-0.2, 0) is 20.7 Å². The number of fused-ring (bicyclic) bond motifs is 1. The van der Waals surface area contributed by atoms with E-state index < -0.39 is 11.6 Å². The summed E-state index contributed by atoms with van der Waals surface area (Å²) in [6.45, 7) is 6.43. The highest BCUT2D eigenvalue weighted by molar-refractivity contribution is 7.19. The summed E-state index contributed by atoms with van der Waals surface area (Å²) in [4.78, 5) is 16.0. The van der Waals surface area contributed by atoms with Gasteiger partial charge in [-0.15, -0.1) is 11.3 Å². The van der Waals surface area contributed by atoms with Gasteiger partial charge in [-0.05, 0) is 55.6 Å². The Hall–Kier alpha value is -3.30. The summed E-state index contributed by atoms with van der Waals surface area (Å²) in [6.07, 6.45) is 0.334. The second-order valence-corrected chi connectivity index (χ2v) is 9.83. The van der Waals surface area contributed by atoms with Gasteiger partial charge in [0.15, 0.2) is 11.5 Å². The van der Waals surface area contributed by atoms with Crippen LogP contribution < -0.4 is 14.2 Å². The molecule has 2 heterocycles. The molecule has 0 aliphatic carbocycles. The van der Waals surface area contributed by atoms with E-state index >= 15 is 0 Å². The normalized spacial score (nSPS) is 15.3. The fourth-order valence-corrected chi connectivity index (χ4v) is 5.40. The number of carbonyl (C=O) groups is 1. The lowest BCUT2D eigenvalue weighted by Crippen LogP contribution is -2.45. The van der Waals surface area contributed by atoms with Gasteiger partial charge in [-0.25, -0.2) is 4.79 Å². The van der Waals surface area contributed by atoms with E-state index in [1.807, 2.05) is 35.2 Å². The van der Waals surface area contributed by atoms with Crippen molar-refractivity contribution >= 4 is 33.2 Å². The molecule has 2 aromatic carbocycles. The third-order valence-electron chi connectivity index (χ3n) is 6.09. The standard InChI is InChI=1S/C27H32N2O6S/c1-5-34-26(30)27(2,17-21-14-19-15-22(31-3)23(32-4)16-24(19)36-21)35-20-8-6-18(7-9-20)25(28)29-10-12-33-13-11-29/h6-9,14-16,28H,5,10-13,17H2,1-4H3. The molecule has 0 bridgehead atoms. The molecule has 192 valence electrons. The molecule has 1 saturated heterocycles. The summed E-state index contributed by atoms with van der Waals surface area (Å²) < 4.78 is 28.9. The monoisotopic (exact) mass is 512 g/mol. The molecule has 1 unspecified atom stereocenters. The van der Waals surface area contributed by atoms with Crippen LogP contribution in [0.3, 0.4) is 0 Å². The van der Waals surface area contributed by atoms with Crippen molar-refractivity contribution < 1.29 is 28.5 Å². The molecule has 9 heteroatoms. The van der Waals surface area contributed by atoms with Crippen molar-refractivity contribution in [1.82, 2.24) is 4.90 Å². The number of benzene rings is 2. The first-order chi connectivity index (χ1) is 17.4. The van der Waals surface area contributed by atoms with Crippen LogP contribution in [0, 0.1) is 5.41 Å². The highest BCUT2D eigenvalue weighted by atomic mass is 32.1. The van der Waals surface area contributed by atoms with Crippen LogP contribution in [-0.4, -0.2) is 69.4 Å². The van der Waals surface area contributed by atoms with Crippen molar-refractivity contribution in [1.29, 1.82) is 5.41 Å². The van der Waals surface area contributed by atoms with Crippen molar-refractivity contribution in [2.75, 3.05) is 47.1 Å². The Morgan fingerprint density at radius 1 is 1.08 bits per heavy atom. The molecule has 0 radical (unpaired) electrons. The molecule has 1 atom stereocenters. The van der Waals surface area contributed by atoms with E-state index in [0.717, 1.165) is 20.5 Å². The van der Waals surface area contributed by atoms with Crippen molar-refractivity contribution in [3.8, 4) is 17.2 Å². The van der Waals surface area contributed by atoms with Crippen molar-refractivity contribution in [2.45, 2.75) is 25.9 Å². The van der Waals surface area contributed by atoms with Crippen LogP contribution in [0.15, 0.2) is 42.5 Å². The fourth-order valence-electron chi connectivity index (χ4n) is 4.19. The van der Waals surface area contributed by atoms with Crippen LogP contribution in [0.1, 0.15) is 24.3 Å². The Balaban J connectivity index is 1.56. The summed E-state index contributed by atoms with van der Waals surface area (Å²) in [5.74, 6) is 1.87. The first-order valence-corrected chi connectivity index (χ1v) is 12.7. The SMILES string of the molecule is CCOC(=O)C(C)(Cc1cc2cc(OC)c(OC)cc2s1)Oc1ccc(C(=N)N2CCOCC2)cc1. The van der Waals surface area contributed by atoms with Gasteiger partial charge in [0.2, 0.25) is 5.60 Å². The van der Waals surface area contributed by atoms with Crippen molar-refractivity contribution in [3.63, 3.8) is 0 Å². The first-order valence-electron chi connectivity index (χ1n) is 11.9. The molecule has 1 aromatic heterocycles. The smallest absolute Gasteiger partial charge is 0.350 e. The number of thiophene rings is 1. The Morgan fingerprint density at radius 2 is 1.75 bits per heavy atom. The van der Waals surface area contributed by atoms with E-state index in [1.165, 1.54) is 0 Å². The van der Waals surface area contributed by atoms with Crippen molar-refractivity contribution in [3.05, 3.63) is 52.9 Å². The van der Waals surface area contributed by atoms with E-state index in [0.29, 0.717) is 55.8 Å². The molecule has 1 aliphatic heterocycles. The van der Waals surface area contributed by atoms with Gasteiger partial charge in [0, 0.05) is 40.7 Å². The van der Waals surface area contributed by atoms with Gasteiger partial charge >= 0.3 is 5.97 Å². The number of nitrogens with zero attached hydrogens (tertiary/aromatic N) is 1. The van der Waals surface area contributed by atoms with E-state index in [4.69, 9.17) is 29.1 Å². The molecule has 1 fully saturated rings. The zero-order chi connectivity index (χ0) is 25.7. The number of carbonyl (C=O) groups excluding carboxylic acids is 1. The molecule has 1 aliphatic rings. The van der Waals surface area contributed by atoms with Crippen LogP contribution in [0.4, 0.5) is 0 Å². The quantitative estimate of drug-likeness (QED) is 0.256. The average Bonchev–Trinajstić information content (AvgIpc) is 3.29.